The minimum absolute atomic E-state index is 0.186. The molecule has 5 rings (SSSR count). The molecule has 1 N–H and O–H groups in total. The van der Waals surface area contributed by atoms with E-state index in [1.807, 2.05) is 44.3 Å². The van der Waals surface area contributed by atoms with Crippen LogP contribution in [0.1, 0.15) is 56.4 Å². The Morgan fingerprint density at radius 2 is 1.97 bits per heavy atom. The summed E-state index contributed by atoms with van der Waals surface area (Å²) in [4.78, 5) is 26.3. The third-order valence-corrected chi connectivity index (χ3v) is 7.12. The lowest BCUT2D eigenvalue weighted by atomic mass is 9.89. The Morgan fingerprint density at radius 1 is 1.15 bits per heavy atom. The van der Waals surface area contributed by atoms with E-state index >= 15 is 0 Å². The first kappa shape index (κ1) is 26.0. The van der Waals surface area contributed by atoms with Gasteiger partial charge in [0.05, 0.1) is 53.9 Å². The van der Waals surface area contributed by atoms with Gasteiger partial charge in [0, 0.05) is 25.0 Å². The van der Waals surface area contributed by atoms with Crippen LogP contribution in [-0.4, -0.2) is 37.3 Å². The second kappa shape index (κ2) is 10.7. The standard InChI is InChI=1S/C30H31N7O2/c1-5-39-29(38)30(11-12-30)22-7-8-23(20(14-22)10-13-31)21-6-9-25(33-15-21)24-16-34-37(4)28(24)36-27-18-32-17-26(35-27)19(2)3/h6-9,14-19H,5,10-12H2,1-4H3,(H,35,36). The number of ether oxygens (including phenoxy) is 1. The molecule has 3 aromatic heterocycles. The number of benzene rings is 1. The monoisotopic (exact) mass is 521 g/mol. The molecule has 1 aliphatic carbocycles. The van der Waals surface area contributed by atoms with Crippen LogP contribution < -0.4 is 5.32 Å². The van der Waals surface area contributed by atoms with E-state index < -0.39 is 5.41 Å². The van der Waals surface area contributed by atoms with Gasteiger partial charge in [-0.25, -0.2) is 4.98 Å². The average Bonchev–Trinajstić information content (AvgIpc) is 3.68. The zero-order chi connectivity index (χ0) is 27.6. The van der Waals surface area contributed by atoms with Gasteiger partial charge < -0.3 is 10.1 Å². The normalized spacial score (nSPS) is 13.6. The van der Waals surface area contributed by atoms with Crippen LogP contribution in [0.3, 0.4) is 0 Å². The van der Waals surface area contributed by atoms with Crippen LogP contribution in [-0.2, 0) is 28.4 Å². The van der Waals surface area contributed by atoms with E-state index in [1.165, 1.54) is 0 Å². The predicted octanol–water partition coefficient (Wildman–Crippen LogP) is 5.47. The molecule has 0 saturated heterocycles. The first-order valence-electron chi connectivity index (χ1n) is 13.1. The first-order chi connectivity index (χ1) is 18.9. The molecule has 9 nitrogen and oxygen atoms in total. The lowest BCUT2D eigenvalue weighted by molar-refractivity contribution is -0.146. The van der Waals surface area contributed by atoms with E-state index in [1.54, 1.807) is 29.5 Å². The third kappa shape index (κ3) is 5.10. The fourth-order valence-electron chi connectivity index (χ4n) is 4.74. The van der Waals surface area contributed by atoms with E-state index in [4.69, 9.17) is 9.72 Å². The smallest absolute Gasteiger partial charge is 0.316 e. The van der Waals surface area contributed by atoms with Gasteiger partial charge in [-0.15, -0.1) is 0 Å². The second-order valence-electron chi connectivity index (χ2n) is 10.1. The van der Waals surface area contributed by atoms with Crippen LogP contribution in [0, 0.1) is 11.3 Å². The Morgan fingerprint density at radius 3 is 2.64 bits per heavy atom. The van der Waals surface area contributed by atoms with E-state index in [0.717, 1.165) is 57.9 Å². The van der Waals surface area contributed by atoms with Crippen molar-refractivity contribution >= 4 is 17.6 Å². The zero-order valence-corrected chi connectivity index (χ0v) is 22.6. The number of nitriles is 1. The fourth-order valence-corrected chi connectivity index (χ4v) is 4.74. The van der Waals surface area contributed by atoms with Crippen LogP contribution in [0.25, 0.3) is 22.4 Å². The third-order valence-electron chi connectivity index (χ3n) is 7.12. The largest absolute Gasteiger partial charge is 0.465 e. The quantitative estimate of drug-likeness (QED) is 0.288. The maximum atomic E-state index is 12.6. The van der Waals surface area contributed by atoms with Crippen molar-refractivity contribution in [3.05, 3.63) is 71.9 Å². The van der Waals surface area contributed by atoms with Crippen LogP contribution in [0.5, 0.6) is 0 Å². The summed E-state index contributed by atoms with van der Waals surface area (Å²) >= 11 is 0. The molecule has 1 aromatic carbocycles. The molecule has 0 radical (unpaired) electrons. The SMILES string of the molecule is CCOC(=O)C1(c2ccc(-c3ccc(-c4cnn(C)c4Nc4cncc(C(C)C)n4)nc3)c(CC#N)c2)CC1. The number of carbonyl (C=O) groups excluding carboxylic acids is 1. The van der Waals surface area contributed by atoms with Crippen molar-refractivity contribution in [1.82, 2.24) is 24.7 Å². The second-order valence-corrected chi connectivity index (χ2v) is 10.1. The van der Waals surface area contributed by atoms with Gasteiger partial charge in [0.2, 0.25) is 0 Å². The van der Waals surface area contributed by atoms with Crippen molar-refractivity contribution in [2.24, 2.45) is 7.05 Å². The minimum atomic E-state index is -0.580. The van der Waals surface area contributed by atoms with E-state index in [9.17, 15) is 10.1 Å². The van der Waals surface area contributed by atoms with Gasteiger partial charge >= 0.3 is 5.97 Å². The van der Waals surface area contributed by atoms with Gasteiger partial charge in [0.25, 0.3) is 0 Å². The number of hydrogen-bond acceptors (Lipinski definition) is 8. The summed E-state index contributed by atoms with van der Waals surface area (Å²) < 4.78 is 7.07. The van der Waals surface area contributed by atoms with E-state index in [-0.39, 0.29) is 18.3 Å². The predicted molar refractivity (Wildman–Crippen MR) is 148 cm³/mol. The molecule has 0 bridgehead atoms. The molecule has 1 aliphatic rings. The molecule has 0 atom stereocenters. The van der Waals surface area contributed by atoms with Gasteiger partial charge in [0.1, 0.15) is 11.6 Å². The Kier molecular flexibility index (Phi) is 7.11. The molecule has 1 saturated carbocycles. The Bertz CT molecular complexity index is 1550. The molecule has 0 unspecified atom stereocenters. The number of nitrogens with one attached hydrogen (secondary N) is 1. The van der Waals surface area contributed by atoms with Crippen molar-refractivity contribution in [3.8, 4) is 28.5 Å². The molecule has 198 valence electrons. The molecular formula is C30H31N7O2. The van der Waals surface area contributed by atoms with Crippen LogP contribution >= 0.6 is 0 Å². The Hall–Kier alpha value is -4.58. The fraction of sp³-hybridized carbons (Fsp3) is 0.333. The summed E-state index contributed by atoms with van der Waals surface area (Å²) in [6, 6.07) is 12.1. The summed E-state index contributed by atoms with van der Waals surface area (Å²) in [6.45, 7) is 6.33. The Labute approximate surface area is 227 Å². The Balaban J connectivity index is 1.43. The van der Waals surface area contributed by atoms with Crippen molar-refractivity contribution in [1.29, 1.82) is 5.26 Å². The molecule has 0 spiro atoms. The van der Waals surface area contributed by atoms with Gasteiger partial charge in [-0.3, -0.25) is 19.4 Å². The summed E-state index contributed by atoms with van der Waals surface area (Å²) in [7, 11) is 1.86. The molecule has 0 amide bonds. The topological polar surface area (TPSA) is 119 Å². The number of hydrogen-bond donors (Lipinski definition) is 1. The molecule has 9 heteroatoms. The van der Waals surface area contributed by atoms with Crippen molar-refractivity contribution in [3.63, 3.8) is 0 Å². The summed E-state index contributed by atoms with van der Waals surface area (Å²) in [5, 5.41) is 17.3. The maximum Gasteiger partial charge on any atom is 0.316 e. The number of nitrogens with zero attached hydrogens (tertiary/aromatic N) is 6. The molecule has 1 fully saturated rings. The highest BCUT2D eigenvalue weighted by Gasteiger charge is 2.52. The maximum absolute atomic E-state index is 12.6. The van der Waals surface area contributed by atoms with Crippen LogP contribution in [0.15, 0.2) is 55.1 Å². The van der Waals surface area contributed by atoms with Gasteiger partial charge in [-0.1, -0.05) is 38.1 Å². The lowest BCUT2D eigenvalue weighted by Crippen LogP contribution is -2.23. The summed E-state index contributed by atoms with van der Waals surface area (Å²) in [5.41, 5.74) is 5.50. The van der Waals surface area contributed by atoms with E-state index in [2.05, 4.69) is 40.3 Å². The van der Waals surface area contributed by atoms with Crippen molar-refractivity contribution in [2.45, 2.75) is 51.4 Å². The van der Waals surface area contributed by atoms with Gasteiger partial charge in [-0.2, -0.15) is 10.4 Å². The number of carbonyl (C=O) groups is 1. The first-order valence-corrected chi connectivity index (χ1v) is 13.1. The van der Waals surface area contributed by atoms with Crippen molar-refractivity contribution < 1.29 is 9.53 Å². The lowest BCUT2D eigenvalue weighted by Gasteiger charge is -2.17. The number of aromatic nitrogens is 5. The highest BCUT2D eigenvalue weighted by molar-refractivity contribution is 5.87. The molecular weight excluding hydrogens is 490 g/mol. The van der Waals surface area contributed by atoms with Crippen LogP contribution in [0.4, 0.5) is 11.6 Å². The van der Waals surface area contributed by atoms with Crippen molar-refractivity contribution in [2.75, 3.05) is 11.9 Å². The number of anilines is 2. The molecule has 39 heavy (non-hydrogen) atoms. The number of rotatable bonds is 9. The molecule has 4 aromatic rings. The molecule has 0 aliphatic heterocycles. The zero-order valence-electron chi connectivity index (χ0n) is 22.6. The van der Waals surface area contributed by atoms with Gasteiger partial charge in [0.15, 0.2) is 0 Å². The minimum Gasteiger partial charge on any atom is -0.465 e. The number of pyridine rings is 1. The van der Waals surface area contributed by atoms with Crippen LogP contribution in [0.2, 0.25) is 0 Å². The summed E-state index contributed by atoms with van der Waals surface area (Å²) in [5.74, 6) is 1.47. The molecule has 3 heterocycles. The number of esters is 1. The highest BCUT2D eigenvalue weighted by atomic mass is 16.5. The van der Waals surface area contributed by atoms with E-state index in [0.29, 0.717) is 12.4 Å². The average molecular weight is 522 g/mol. The highest BCUT2D eigenvalue weighted by Crippen LogP contribution is 2.50. The summed E-state index contributed by atoms with van der Waals surface area (Å²) in [6.07, 6.45) is 8.80. The number of aryl methyl sites for hydroxylation is 1. The van der Waals surface area contributed by atoms with Gasteiger partial charge in [-0.05, 0) is 48.4 Å².